The van der Waals surface area contributed by atoms with E-state index < -0.39 is 11.4 Å². The Morgan fingerprint density at radius 1 is 1.39 bits per heavy atom. The number of carbonyl (C=O) groups excluding carboxylic acids is 1. The molecule has 23 heavy (non-hydrogen) atoms. The Kier molecular flexibility index (Phi) is 4.79. The number of benzene rings is 1. The van der Waals surface area contributed by atoms with Gasteiger partial charge in [-0.1, -0.05) is 6.07 Å². The highest BCUT2D eigenvalue weighted by Gasteiger charge is 2.31. The molecule has 0 aromatic heterocycles. The van der Waals surface area contributed by atoms with Gasteiger partial charge in [-0.15, -0.1) is 0 Å². The van der Waals surface area contributed by atoms with Gasteiger partial charge in [0, 0.05) is 25.7 Å². The van der Waals surface area contributed by atoms with Crippen LogP contribution in [-0.4, -0.2) is 42.3 Å². The van der Waals surface area contributed by atoms with Gasteiger partial charge in [-0.25, -0.2) is 9.18 Å². The molecule has 6 heteroatoms. The zero-order valence-corrected chi connectivity index (χ0v) is 14.0. The number of piperazine rings is 1. The molecule has 0 N–H and O–H groups in total. The van der Waals surface area contributed by atoms with Crippen molar-refractivity contribution in [2.45, 2.75) is 39.3 Å². The van der Waals surface area contributed by atoms with Crippen LogP contribution in [0.4, 0.5) is 14.9 Å². The second-order valence-electron chi connectivity index (χ2n) is 6.71. The first-order valence-corrected chi connectivity index (χ1v) is 7.66. The zero-order chi connectivity index (χ0) is 17.2. The van der Waals surface area contributed by atoms with E-state index in [-0.39, 0.29) is 17.7 Å². The first-order valence-electron chi connectivity index (χ1n) is 7.66. The number of amides is 1. The molecule has 1 saturated heterocycles. The van der Waals surface area contributed by atoms with E-state index in [1.165, 1.54) is 6.07 Å². The van der Waals surface area contributed by atoms with Crippen LogP contribution in [0, 0.1) is 17.1 Å². The number of hydrogen-bond donors (Lipinski definition) is 0. The van der Waals surface area contributed by atoms with Gasteiger partial charge >= 0.3 is 6.09 Å². The first-order chi connectivity index (χ1) is 10.7. The maximum atomic E-state index is 13.8. The third-order valence-corrected chi connectivity index (χ3v) is 3.70. The Labute approximate surface area is 136 Å². The van der Waals surface area contributed by atoms with Gasteiger partial charge < -0.3 is 14.5 Å². The fourth-order valence-corrected chi connectivity index (χ4v) is 2.66. The van der Waals surface area contributed by atoms with Crippen LogP contribution >= 0.6 is 0 Å². The first kappa shape index (κ1) is 17.1. The average molecular weight is 319 g/mol. The number of nitriles is 1. The van der Waals surface area contributed by atoms with Crippen LogP contribution in [0.15, 0.2) is 18.2 Å². The lowest BCUT2D eigenvalue weighted by Gasteiger charge is -2.41. The average Bonchev–Trinajstić information content (AvgIpc) is 2.44. The molecule has 1 fully saturated rings. The van der Waals surface area contributed by atoms with Gasteiger partial charge in [0.1, 0.15) is 23.1 Å². The summed E-state index contributed by atoms with van der Waals surface area (Å²) in [6.07, 6.45) is -0.343. The van der Waals surface area contributed by atoms with Crippen LogP contribution < -0.4 is 4.90 Å². The van der Waals surface area contributed by atoms with E-state index in [1.54, 1.807) is 17.0 Å². The number of nitrogens with zero attached hydrogens (tertiary/aromatic N) is 3. The highest BCUT2D eigenvalue weighted by Crippen LogP contribution is 2.25. The number of carbonyl (C=O) groups is 1. The molecule has 1 aliphatic heterocycles. The summed E-state index contributed by atoms with van der Waals surface area (Å²) in [5.74, 6) is -0.521. The normalized spacial score (nSPS) is 18.5. The molecule has 0 bridgehead atoms. The van der Waals surface area contributed by atoms with Crippen molar-refractivity contribution < 1.29 is 13.9 Å². The number of halogens is 1. The van der Waals surface area contributed by atoms with Crippen LogP contribution in [0.2, 0.25) is 0 Å². The van der Waals surface area contributed by atoms with E-state index in [0.717, 1.165) is 0 Å². The molecular formula is C17H22FN3O2. The van der Waals surface area contributed by atoms with Crippen LogP contribution in [0.5, 0.6) is 0 Å². The summed E-state index contributed by atoms with van der Waals surface area (Å²) in [6, 6.07) is 6.44. The minimum Gasteiger partial charge on any atom is -0.444 e. The van der Waals surface area contributed by atoms with Crippen molar-refractivity contribution >= 4 is 11.8 Å². The molecule has 1 aromatic carbocycles. The molecular weight excluding hydrogens is 297 g/mol. The quantitative estimate of drug-likeness (QED) is 0.798. The van der Waals surface area contributed by atoms with Gasteiger partial charge in [-0.2, -0.15) is 5.26 Å². The maximum absolute atomic E-state index is 13.8. The summed E-state index contributed by atoms with van der Waals surface area (Å²) in [5.41, 5.74) is 0.0819. The summed E-state index contributed by atoms with van der Waals surface area (Å²) < 4.78 is 19.2. The molecule has 0 unspecified atom stereocenters. The summed E-state index contributed by atoms with van der Waals surface area (Å²) in [6.45, 7) is 8.94. The van der Waals surface area contributed by atoms with Gasteiger partial charge in [0.25, 0.3) is 0 Å². The number of hydrogen-bond acceptors (Lipinski definition) is 4. The molecule has 1 aromatic rings. The van der Waals surface area contributed by atoms with Crippen molar-refractivity contribution in [2.75, 3.05) is 24.5 Å². The predicted octanol–water partition coefficient (Wildman–Crippen LogP) is 3.14. The van der Waals surface area contributed by atoms with Crippen LogP contribution in [0.25, 0.3) is 0 Å². The molecule has 1 amide bonds. The highest BCUT2D eigenvalue weighted by atomic mass is 19.1. The topological polar surface area (TPSA) is 56.6 Å². The lowest BCUT2D eigenvalue weighted by Crippen LogP contribution is -2.55. The van der Waals surface area contributed by atoms with Crippen LogP contribution in [-0.2, 0) is 4.74 Å². The Bertz CT molecular complexity index is 634. The molecule has 0 spiro atoms. The maximum Gasteiger partial charge on any atom is 0.410 e. The van der Waals surface area contributed by atoms with Crippen molar-refractivity contribution in [1.29, 1.82) is 5.26 Å². The zero-order valence-electron chi connectivity index (χ0n) is 14.0. The van der Waals surface area contributed by atoms with Gasteiger partial charge in [0.2, 0.25) is 0 Å². The number of anilines is 1. The molecule has 1 aliphatic rings. The van der Waals surface area contributed by atoms with Gasteiger partial charge in [-0.05, 0) is 39.8 Å². The van der Waals surface area contributed by atoms with Crippen molar-refractivity contribution in [1.82, 2.24) is 4.90 Å². The molecule has 0 radical (unpaired) electrons. The van der Waals surface area contributed by atoms with Crippen LogP contribution in [0.1, 0.15) is 33.3 Å². The predicted molar refractivity (Wildman–Crippen MR) is 85.7 cm³/mol. The molecule has 0 saturated carbocycles. The molecule has 1 heterocycles. The fraction of sp³-hybridized carbons (Fsp3) is 0.529. The highest BCUT2D eigenvalue weighted by molar-refractivity contribution is 5.69. The molecule has 5 nitrogen and oxygen atoms in total. The SMILES string of the molecule is C[C@@H]1CN(c2cccc(F)c2C#N)CCN1C(=O)OC(C)(C)C. The van der Waals surface area contributed by atoms with E-state index in [4.69, 9.17) is 10.00 Å². The summed E-state index contributed by atoms with van der Waals surface area (Å²) in [4.78, 5) is 15.8. The monoisotopic (exact) mass is 319 g/mol. The second-order valence-corrected chi connectivity index (χ2v) is 6.71. The van der Waals surface area contributed by atoms with E-state index in [1.807, 2.05) is 38.7 Å². The molecule has 124 valence electrons. The number of ether oxygens (including phenoxy) is 1. The van der Waals surface area contributed by atoms with Gasteiger partial charge in [-0.3, -0.25) is 0 Å². The van der Waals surface area contributed by atoms with Crippen LogP contribution in [0.3, 0.4) is 0 Å². The number of rotatable bonds is 1. The minimum absolute atomic E-state index is 0.0467. The van der Waals surface area contributed by atoms with Crippen molar-refractivity contribution in [3.05, 3.63) is 29.6 Å². The standard InChI is InChI=1S/C17H22FN3O2/c1-12-11-20(15-7-5-6-14(18)13(15)10-19)8-9-21(12)16(22)23-17(2,3)4/h5-7,12H,8-9,11H2,1-4H3/t12-/m1/s1. The fourth-order valence-electron chi connectivity index (χ4n) is 2.66. The lowest BCUT2D eigenvalue weighted by molar-refractivity contribution is 0.0159. The smallest absolute Gasteiger partial charge is 0.410 e. The molecule has 1 atom stereocenters. The third kappa shape index (κ3) is 3.92. The molecule has 0 aliphatic carbocycles. The second kappa shape index (κ2) is 6.45. The van der Waals surface area contributed by atoms with E-state index in [0.29, 0.717) is 25.3 Å². The van der Waals surface area contributed by atoms with Crippen molar-refractivity contribution in [2.24, 2.45) is 0 Å². The summed E-state index contributed by atoms with van der Waals surface area (Å²) in [5, 5.41) is 9.16. The van der Waals surface area contributed by atoms with Gasteiger partial charge in [0.05, 0.1) is 5.69 Å². The van der Waals surface area contributed by atoms with Gasteiger partial charge in [0.15, 0.2) is 0 Å². The molecule has 2 rings (SSSR count). The lowest BCUT2D eigenvalue weighted by atomic mass is 10.1. The Morgan fingerprint density at radius 2 is 2.09 bits per heavy atom. The van der Waals surface area contributed by atoms with Crippen molar-refractivity contribution in [3.63, 3.8) is 0 Å². The van der Waals surface area contributed by atoms with E-state index >= 15 is 0 Å². The summed E-state index contributed by atoms with van der Waals surface area (Å²) >= 11 is 0. The Hall–Kier alpha value is -2.29. The Morgan fingerprint density at radius 3 is 2.65 bits per heavy atom. The largest absolute Gasteiger partial charge is 0.444 e. The third-order valence-electron chi connectivity index (χ3n) is 3.70. The summed E-state index contributed by atoms with van der Waals surface area (Å²) in [7, 11) is 0. The Balaban J connectivity index is 2.12. The van der Waals surface area contributed by atoms with E-state index in [9.17, 15) is 9.18 Å². The minimum atomic E-state index is -0.537. The van der Waals surface area contributed by atoms with Crippen molar-refractivity contribution in [3.8, 4) is 6.07 Å². The van der Waals surface area contributed by atoms with E-state index in [2.05, 4.69) is 0 Å².